The fraction of sp³-hybridized carbons (Fsp3) is 0.0714. The number of carbonyl (C=O) groups is 1. The van der Waals surface area contributed by atoms with E-state index in [-0.39, 0.29) is 11.3 Å². The van der Waals surface area contributed by atoms with Crippen LogP contribution in [0.1, 0.15) is 10.4 Å². The smallest absolute Gasteiger partial charge is 0.300 e. The van der Waals surface area contributed by atoms with E-state index < -0.39 is 27.1 Å². The largest absolute Gasteiger partial charge is 0.497 e. The van der Waals surface area contributed by atoms with Crippen molar-refractivity contribution in [3.63, 3.8) is 0 Å². The Morgan fingerprint density at radius 3 is 2.00 bits per heavy atom. The van der Waals surface area contributed by atoms with Crippen LogP contribution in [-0.2, 0) is 0 Å². The summed E-state index contributed by atoms with van der Waals surface area (Å²) in [6, 6.07) is 8.04. The van der Waals surface area contributed by atoms with Crippen LogP contribution in [0, 0.1) is 20.2 Å². The molecule has 0 atom stereocenters. The summed E-state index contributed by atoms with van der Waals surface area (Å²) in [5.74, 6) is 4.64. The number of hydrogen-bond donors (Lipinski definition) is 3. The Bertz CT molecular complexity index is 801. The monoisotopic (exact) mass is 347 g/mol. The summed E-state index contributed by atoms with van der Waals surface area (Å²) in [7, 11) is 1.47. The number of hydrazine groups is 1. The average molecular weight is 347 g/mol. The van der Waals surface area contributed by atoms with Gasteiger partial charge in [0.1, 0.15) is 5.75 Å². The van der Waals surface area contributed by atoms with Crippen molar-refractivity contribution in [1.29, 1.82) is 0 Å². The number of nitrogens with two attached hydrogens (primary N) is 1. The van der Waals surface area contributed by atoms with E-state index >= 15 is 0 Å². The molecule has 0 saturated carbocycles. The molecule has 0 bridgehead atoms. The number of ether oxygens (including phenoxy) is 1. The second-order valence-corrected chi connectivity index (χ2v) is 4.73. The summed E-state index contributed by atoms with van der Waals surface area (Å²) in [6.07, 6.45) is 0. The van der Waals surface area contributed by atoms with E-state index in [0.717, 1.165) is 12.1 Å². The summed E-state index contributed by atoms with van der Waals surface area (Å²) in [5.41, 5.74) is 0.212. The fourth-order valence-corrected chi connectivity index (χ4v) is 2.06. The Hall–Kier alpha value is -3.73. The molecule has 0 fully saturated rings. The van der Waals surface area contributed by atoms with Crippen LogP contribution in [0.5, 0.6) is 5.75 Å². The van der Waals surface area contributed by atoms with Gasteiger partial charge in [-0.05, 0) is 24.3 Å². The fourth-order valence-electron chi connectivity index (χ4n) is 2.06. The molecule has 0 aromatic heterocycles. The van der Waals surface area contributed by atoms with Gasteiger partial charge in [0.2, 0.25) is 0 Å². The van der Waals surface area contributed by atoms with Gasteiger partial charge in [0, 0.05) is 17.8 Å². The summed E-state index contributed by atoms with van der Waals surface area (Å²) in [6.45, 7) is 0. The van der Waals surface area contributed by atoms with Gasteiger partial charge in [-0.1, -0.05) is 0 Å². The van der Waals surface area contributed by atoms with Crippen molar-refractivity contribution in [2.24, 2.45) is 5.84 Å². The molecule has 11 heteroatoms. The number of nitro groups is 2. The summed E-state index contributed by atoms with van der Waals surface area (Å²) < 4.78 is 5.00. The molecule has 0 heterocycles. The van der Waals surface area contributed by atoms with Crippen molar-refractivity contribution in [3.05, 3.63) is 62.2 Å². The first-order valence-corrected chi connectivity index (χ1v) is 6.76. The zero-order chi connectivity index (χ0) is 18.6. The Labute approximate surface area is 140 Å². The highest BCUT2D eigenvalue weighted by Crippen LogP contribution is 2.38. The van der Waals surface area contributed by atoms with Crippen LogP contribution in [0.15, 0.2) is 36.4 Å². The maximum Gasteiger partial charge on any atom is 0.300 e. The van der Waals surface area contributed by atoms with Crippen LogP contribution >= 0.6 is 0 Å². The molecule has 0 saturated heterocycles. The first kappa shape index (κ1) is 17.6. The van der Waals surface area contributed by atoms with E-state index in [4.69, 9.17) is 10.6 Å². The van der Waals surface area contributed by atoms with Crippen LogP contribution in [0.4, 0.5) is 22.7 Å². The van der Waals surface area contributed by atoms with Gasteiger partial charge < -0.3 is 10.1 Å². The van der Waals surface area contributed by atoms with Gasteiger partial charge in [-0.2, -0.15) is 0 Å². The summed E-state index contributed by atoms with van der Waals surface area (Å²) in [5, 5.41) is 25.3. The number of nitrogen functional groups attached to an aromatic ring is 1. The standard InChI is InChI=1S/C14H13N5O6/c1-25-10-4-2-9(3-5-10)16-13-11(18(21)22)6-8(14(20)17-15)7-12(13)19(23)24/h2-7,16H,15H2,1H3,(H,17,20). The number of hydrogen-bond acceptors (Lipinski definition) is 8. The first-order valence-electron chi connectivity index (χ1n) is 6.76. The Morgan fingerprint density at radius 2 is 1.60 bits per heavy atom. The van der Waals surface area contributed by atoms with Crippen LogP contribution < -0.4 is 21.3 Å². The normalized spacial score (nSPS) is 10.0. The molecular weight excluding hydrogens is 334 g/mol. The minimum absolute atomic E-state index is 0.304. The Balaban J connectivity index is 2.58. The predicted molar refractivity (Wildman–Crippen MR) is 87.7 cm³/mol. The molecule has 2 aromatic carbocycles. The number of anilines is 2. The maximum absolute atomic E-state index is 11.6. The minimum atomic E-state index is -0.887. The van der Waals surface area contributed by atoms with Crippen molar-refractivity contribution in [3.8, 4) is 5.75 Å². The van der Waals surface area contributed by atoms with E-state index in [1.54, 1.807) is 17.6 Å². The van der Waals surface area contributed by atoms with Gasteiger partial charge in [-0.3, -0.25) is 30.4 Å². The lowest BCUT2D eigenvalue weighted by atomic mass is 10.1. The van der Waals surface area contributed by atoms with Crippen LogP contribution in [0.2, 0.25) is 0 Å². The van der Waals surface area contributed by atoms with E-state index in [1.807, 2.05) is 0 Å². The second kappa shape index (κ2) is 7.23. The van der Waals surface area contributed by atoms with Crippen molar-refractivity contribution < 1.29 is 19.4 Å². The topological polar surface area (TPSA) is 163 Å². The van der Waals surface area contributed by atoms with Gasteiger partial charge in [0.05, 0.1) is 22.5 Å². The zero-order valence-electron chi connectivity index (χ0n) is 12.9. The number of carbonyl (C=O) groups excluding carboxylic acids is 1. The maximum atomic E-state index is 11.6. The first-order chi connectivity index (χ1) is 11.9. The van der Waals surface area contributed by atoms with Gasteiger partial charge in [-0.15, -0.1) is 0 Å². The number of nitrogens with one attached hydrogen (secondary N) is 2. The molecule has 2 aromatic rings. The number of benzene rings is 2. The van der Waals surface area contributed by atoms with Crippen molar-refractivity contribution >= 4 is 28.7 Å². The molecular formula is C14H13N5O6. The lowest BCUT2D eigenvalue weighted by Crippen LogP contribution is -2.30. The molecule has 11 nitrogen and oxygen atoms in total. The van der Waals surface area contributed by atoms with Crippen LogP contribution in [0.25, 0.3) is 0 Å². The summed E-state index contributed by atoms with van der Waals surface area (Å²) >= 11 is 0. The molecule has 25 heavy (non-hydrogen) atoms. The molecule has 0 aliphatic heterocycles. The molecule has 0 unspecified atom stereocenters. The van der Waals surface area contributed by atoms with E-state index in [0.29, 0.717) is 11.4 Å². The third kappa shape index (κ3) is 3.79. The van der Waals surface area contributed by atoms with Gasteiger partial charge >= 0.3 is 11.4 Å². The van der Waals surface area contributed by atoms with Crippen molar-refractivity contribution in [2.75, 3.05) is 12.4 Å². The third-order valence-corrected chi connectivity index (χ3v) is 3.24. The Kier molecular flexibility index (Phi) is 5.09. The van der Waals surface area contributed by atoms with E-state index in [1.165, 1.54) is 19.2 Å². The number of methoxy groups -OCH3 is 1. The number of rotatable bonds is 6. The lowest BCUT2D eigenvalue weighted by Gasteiger charge is -2.10. The molecule has 0 spiro atoms. The highest BCUT2D eigenvalue weighted by atomic mass is 16.6. The predicted octanol–water partition coefficient (Wildman–Crippen LogP) is 1.86. The van der Waals surface area contributed by atoms with Crippen LogP contribution in [-0.4, -0.2) is 22.9 Å². The highest BCUT2D eigenvalue weighted by Gasteiger charge is 2.28. The molecule has 0 aliphatic rings. The van der Waals surface area contributed by atoms with Gasteiger partial charge in [-0.25, -0.2) is 5.84 Å². The molecule has 2 rings (SSSR count). The van der Waals surface area contributed by atoms with E-state index in [2.05, 4.69) is 5.32 Å². The third-order valence-electron chi connectivity index (χ3n) is 3.24. The van der Waals surface area contributed by atoms with Crippen molar-refractivity contribution in [1.82, 2.24) is 5.43 Å². The number of nitro benzene ring substituents is 2. The number of amides is 1. The number of nitrogens with zero attached hydrogens (tertiary/aromatic N) is 2. The molecule has 130 valence electrons. The highest BCUT2D eigenvalue weighted by molar-refractivity contribution is 5.97. The minimum Gasteiger partial charge on any atom is -0.497 e. The molecule has 0 radical (unpaired) electrons. The molecule has 1 amide bonds. The quantitative estimate of drug-likeness (QED) is 0.308. The molecule has 0 aliphatic carbocycles. The molecule has 4 N–H and O–H groups in total. The van der Waals surface area contributed by atoms with Crippen LogP contribution in [0.3, 0.4) is 0 Å². The SMILES string of the molecule is COc1ccc(Nc2c([N+](=O)[O-])cc(C(=O)NN)cc2[N+](=O)[O-])cc1. The van der Waals surface area contributed by atoms with Gasteiger partial charge in [0.25, 0.3) is 5.91 Å². The lowest BCUT2D eigenvalue weighted by molar-refractivity contribution is -0.392. The van der Waals surface area contributed by atoms with Crippen molar-refractivity contribution in [2.45, 2.75) is 0 Å². The zero-order valence-corrected chi connectivity index (χ0v) is 12.9. The van der Waals surface area contributed by atoms with E-state index in [9.17, 15) is 25.0 Å². The Morgan fingerprint density at radius 1 is 1.08 bits per heavy atom. The summed E-state index contributed by atoms with van der Waals surface area (Å²) in [4.78, 5) is 32.6. The van der Waals surface area contributed by atoms with Gasteiger partial charge in [0.15, 0.2) is 5.69 Å². The second-order valence-electron chi connectivity index (χ2n) is 4.73. The average Bonchev–Trinajstić information content (AvgIpc) is 2.61.